The number of aliphatic hydroxyl groups excluding tert-OH is 2. The van der Waals surface area contributed by atoms with E-state index in [1.807, 2.05) is 0 Å². The van der Waals surface area contributed by atoms with E-state index in [9.17, 15) is 8.42 Å². The molecule has 0 radical (unpaired) electrons. The van der Waals surface area contributed by atoms with Crippen LogP contribution in [0.15, 0.2) is 12.2 Å². The number of hydrogen-bond donors (Lipinski definition) is 3. The fourth-order valence-electron chi connectivity index (χ4n) is 0.277. The molecule has 1 unspecified atom stereocenters. The summed E-state index contributed by atoms with van der Waals surface area (Å²) in [6.07, 6.45) is 1.79. The molecule has 0 aliphatic heterocycles. The molecule has 0 bridgehead atoms. The molecule has 1 atom stereocenters. The van der Waals surface area contributed by atoms with Crippen molar-refractivity contribution in [2.75, 3.05) is 6.61 Å². The molecule has 0 aliphatic rings. The minimum absolute atomic E-state index is 0.382. The van der Waals surface area contributed by atoms with Crippen molar-refractivity contribution in [1.29, 1.82) is 0 Å². The quantitative estimate of drug-likeness (QED) is 0.361. The van der Waals surface area contributed by atoms with E-state index in [2.05, 4.69) is 0 Å². The summed E-state index contributed by atoms with van der Waals surface area (Å²) in [5.41, 5.74) is -1.94. The Hall–Kier alpha value is -0.430. The minimum Gasteiger partial charge on any atom is -0.392 e. The maximum Gasteiger partial charge on any atom is 0.295 e. The van der Waals surface area contributed by atoms with Crippen LogP contribution in [0.5, 0.6) is 0 Å². The van der Waals surface area contributed by atoms with Crippen molar-refractivity contribution >= 4 is 10.1 Å². The van der Waals surface area contributed by atoms with Gasteiger partial charge < -0.3 is 10.2 Å². The van der Waals surface area contributed by atoms with Crippen molar-refractivity contribution in [2.45, 2.75) is 5.44 Å². The lowest BCUT2D eigenvalue weighted by atomic mass is 10.5. The highest BCUT2D eigenvalue weighted by Gasteiger charge is 2.14. The van der Waals surface area contributed by atoms with Gasteiger partial charge in [-0.1, -0.05) is 6.08 Å². The van der Waals surface area contributed by atoms with Crippen LogP contribution in [0.4, 0.5) is 0 Å². The molecule has 0 saturated carbocycles. The predicted octanol–water partition coefficient (Wildman–Crippen LogP) is -1.26. The van der Waals surface area contributed by atoms with Crippen molar-refractivity contribution in [3.8, 4) is 0 Å². The van der Waals surface area contributed by atoms with Gasteiger partial charge in [0.1, 0.15) is 0 Å². The van der Waals surface area contributed by atoms with E-state index in [0.29, 0.717) is 0 Å². The van der Waals surface area contributed by atoms with E-state index in [-0.39, 0.29) is 6.61 Å². The van der Waals surface area contributed by atoms with Crippen LogP contribution in [0, 0.1) is 0 Å². The zero-order chi connectivity index (χ0) is 8.20. The third kappa shape index (κ3) is 3.57. The average molecular weight is 168 g/mol. The third-order valence-electron chi connectivity index (χ3n) is 0.711. The second kappa shape index (κ2) is 3.67. The summed E-state index contributed by atoms with van der Waals surface area (Å²) in [5, 5.41) is 16.6. The van der Waals surface area contributed by atoms with Gasteiger partial charge in [-0.25, -0.2) is 0 Å². The monoisotopic (exact) mass is 168 g/mol. The minimum atomic E-state index is -4.42. The van der Waals surface area contributed by atoms with Crippen LogP contribution in [-0.4, -0.2) is 35.2 Å². The molecule has 0 fully saturated rings. The molecular weight excluding hydrogens is 160 g/mol. The van der Waals surface area contributed by atoms with Gasteiger partial charge in [0, 0.05) is 0 Å². The fourth-order valence-corrected chi connectivity index (χ4v) is 0.586. The molecule has 60 valence electrons. The Bertz CT molecular complexity index is 204. The summed E-state index contributed by atoms with van der Waals surface area (Å²) >= 11 is 0. The molecule has 5 nitrogen and oxygen atoms in total. The van der Waals surface area contributed by atoms with Gasteiger partial charge in [0.05, 0.1) is 6.61 Å². The highest BCUT2D eigenvalue weighted by Crippen LogP contribution is 1.94. The smallest absolute Gasteiger partial charge is 0.295 e. The number of rotatable bonds is 3. The molecular formula is C4H8O5S. The molecule has 0 rings (SSSR count). The first-order valence-corrected chi connectivity index (χ1v) is 3.90. The first kappa shape index (κ1) is 9.57. The van der Waals surface area contributed by atoms with Crippen LogP contribution >= 0.6 is 0 Å². The zero-order valence-electron chi connectivity index (χ0n) is 5.01. The topological polar surface area (TPSA) is 94.8 Å². The van der Waals surface area contributed by atoms with E-state index in [1.165, 1.54) is 0 Å². The van der Waals surface area contributed by atoms with Crippen LogP contribution in [0.1, 0.15) is 0 Å². The molecule has 0 heterocycles. The van der Waals surface area contributed by atoms with Gasteiger partial charge in [-0.05, 0) is 6.08 Å². The molecule has 0 amide bonds. The predicted molar refractivity (Wildman–Crippen MR) is 33.8 cm³/mol. The second-order valence-corrected chi connectivity index (χ2v) is 3.03. The molecule has 0 aromatic carbocycles. The SMILES string of the molecule is O=S(=O)(O)C(O)/C=C\CO. The summed E-state index contributed by atoms with van der Waals surface area (Å²) in [6.45, 7) is -0.382. The van der Waals surface area contributed by atoms with Gasteiger partial charge in [-0.2, -0.15) is 8.42 Å². The zero-order valence-corrected chi connectivity index (χ0v) is 5.82. The van der Waals surface area contributed by atoms with Crippen LogP contribution in [0.25, 0.3) is 0 Å². The standard InChI is InChI=1S/C4H8O5S/c5-3-1-2-4(6)10(7,8)9/h1-2,4-6H,3H2,(H,7,8,9)/b2-1-. The van der Waals surface area contributed by atoms with Crippen LogP contribution < -0.4 is 0 Å². The van der Waals surface area contributed by atoms with E-state index >= 15 is 0 Å². The van der Waals surface area contributed by atoms with Crippen molar-refractivity contribution < 1.29 is 23.2 Å². The molecule has 0 spiro atoms. The van der Waals surface area contributed by atoms with E-state index in [4.69, 9.17) is 14.8 Å². The Kier molecular flexibility index (Phi) is 3.51. The van der Waals surface area contributed by atoms with Crippen molar-refractivity contribution in [3.63, 3.8) is 0 Å². The Labute approximate surface area is 58.4 Å². The van der Waals surface area contributed by atoms with E-state index in [1.54, 1.807) is 0 Å². The Balaban J connectivity index is 4.12. The van der Waals surface area contributed by atoms with Crippen molar-refractivity contribution in [2.24, 2.45) is 0 Å². The van der Waals surface area contributed by atoms with E-state index < -0.39 is 15.6 Å². The summed E-state index contributed by atoms with van der Waals surface area (Å²) < 4.78 is 28.1. The maximum absolute atomic E-state index is 10.0. The van der Waals surface area contributed by atoms with Gasteiger partial charge in [0.25, 0.3) is 10.1 Å². The molecule has 0 aromatic heterocycles. The first-order chi connectivity index (χ1) is 4.48. The number of hydrogen-bond acceptors (Lipinski definition) is 4. The van der Waals surface area contributed by atoms with Crippen molar-refractivity contribution in [3.05, 3.63) is 12.2 Å². The summed E-state index contributed by atoms with van der Waals surface area (Å²) in [7, 11) is -4.42. The largest absolute Gasteiger partial charge is 0.392 e. The first-order valence-electron chi connectivity index (χ1n) is 2.40. The molecule has 3 N–H and O–H groups in total. The molecule has 0 saturated heterocycles. The van der Waals surface area contributed by atoms with Crippen LogP contribution in [0.3, 0.4) is 0 Å². The lowest BCUT2D eigenvalue weighted by Gasteiger charge is -1.97. The van der Waals surface area contributed by atoms with Crippen molar-refractivity contribution in [1.82, 2.24) is 0 Å². The lowest BCUT2D eigenvalue weighted by molar-refractivity contribution is 0.273. The molecule has 6 heteroatoms. The normalized spacial score (nSPS) is 15.9. The van der Waals surface area contributed by atoms with Gasteiger partial charge >= 0.3 is 0 Å². The summed E-state index contributed by atoms with van der Waals surface area (Å²) in [5.74, 6) is 0. The van der Waals surface area contributed by atoms with Gasteiger partial charge in [0.2, 0.25) is 0 Å². The highest BCUT2D eigenvalue weighted by atomic mass is 32.2. The van der Waals surface area contributed by atoms with Crippen LogP contribution in [-0.2, 0) is 10.1 Å². The summed E-state index contributed by atoms with van der Waals surface area (Å²) in [6, 6.07) is 0. The highest BCUT2D eigenvalue weighted by molar-refractivity contribution is 7.86. The van der Waals surface area contributed by atoms with Crippen LogP contribution in [0.2, 0.25) is 0 Å². The average Bonchev–Trinajstić information content (AvgIpc) is 1.80. The van der Waals surface area contributed by atoms with Gasteiger partial charge in [-0.15, -0.1) is 0 Å². The lowest BCUT2D eigenvalue weighted by Crippen LogP contribution is -2.16. The van der Waals surface area contributed by atoms with Gasteiger partial charge in [0.15, 0.2) is 5.44 Å². The Morgan fingerprint density at radius 2 is 2.00 bits per heavy atom. The molecule has 10 heavy (non-hydrogen) atoms. The third-order valence-corrected chi connectivity index (χ3v) is 1.48. The number of aliphatic hydroxyl groups is 2. The maximum atomic E-state index is 10.0. The van der Waals surface area contributed by atoms with Gasteiger partial charge in [-0.3, -0.25) is 4.55 Å². The molecule has 0 aromatic rings. The molecule has 0 aliphatic carbocycles. The fraction of sp³-hybridized carbons (Fsp3) is 0.500. The second-order valence-electron chi connectivity index (χ2n) is 1.52. The Morgan fingerprint density at radius 3 is 2.30 bits per heavy atom. The van der Waals surface area contributed by atoms with E-state index in [0.717, 1.165) is 12.2 Å². The Morgan fingerprint density at radius 1 is 1.50 bits per heavy atom. The summed E-state index contributed by atoms with van der Waals surface area (Å²) in [4.78, 5) is 0.